The average Bonchev–Trinajstić information content (AvgIpc) is 2.75. The summed E-state index contributed by atoms with van der Waals surface area (Å²) in [6.45, 7) is 2.91. The summed E-state index contributed by atoms with van der Waals surface area (Å²) < 4.78 is 0. The van der Waals surface area contributed by atoms with Crippen molar-refractivity contribution in [1.82, 2.24) is 9.80 Å². The minimum Gasteiger partial charge on any atom is -0.338 e. The highest BCUT2D eigenvalue weighted by atomic mass is 35.5. The summed E-state index contributed by atoms with van der Waals surface area (Å²) in [5, 5.41) is 3.38. The second-order valence-electron chi connectivity index (χ2n) is 7.71. The molecule has 1 heterocycles. The predicted octanol–water partition coefficient (Wildman–Crippen LogP) is 3.60. The first-order valence-corrected chi connectivity index (χ1v) is 10.4. The number of carbonyl (C=O) groups excluding carboxylic acids is 3. The molecule has 30 heavy (non-hydrogen) atoms. The highest BCUT2D eigenvalue weighted by Crippen LogP contribution is 2.21. The Hall–Kier alpha value is -2.86. The van der Waals surface area contributed by atoms with Crippen molar-refractivity contribution in [3.8, 4) is 0 Å². The van der Waals surface area contributed by atoms with Crippen LogP contribution in [0.3, 0.4) is 0 Å². The third-order valence-corrected chi connectivity index (χ3v) is 5.49. The molecule has 7 heteroatoms. The second kappa shape index (κ2) is 9.76. The van der Waals surface area contributed by atoms with Crippen molar-refractivity contribution in [2.24, 2.45) is 5.92 Å². The van der Waals surface area contributed by atoms with E-state index in [0.29, 0.717) is 35.8 Å². The summed E-state index contributed by atoms with van der Waals surface area (Å²) in [5.74, 6) is -0.793. The fourth-order valence-electron chi connectivity index (χ4n) is 3.58. The van der Waals surface area contributed by atoms with Gasteiger partial charge in [-0.1, -0.05) is 29.3 Å². The van der Waals surface area contributed by atoms with Crippen molar-refractivity contribution in [3.63, 3.8) is 0 Å². The Labute approximate surface area is 181 Å². The van der Waals surface area contributed by atoms with E-state index in [2.05, 4.69) is 5.32 Å². The van der Waals surface area contributed by atoms with Gasteiger partial charge in [0.25, 0.3) is 5.91 Å². The Morgan fingerprint density at radius 3 is 2.43 bits per heavy atom. The third kappa shape index (κ3) is 5.60. The molecule has 0 spiro atoms. The number of hydrogen-bond donors (Lipinski definition) is 1. The molecule has 2 aromatic rings. The van der Waals surface area contributed by atoms with Crippen molar-refractivity contribution in [2.75, 3.05) is 32.0 Å². The molecule has 1 fully saturated rings. The van der Waals surface area contributed by atoms with E-state index in [4.69, 9.17) is 11.6 Å². The number of rotatable bonds is 5. The van der Waals surface area contributed by atoms with E-state index < -0.39 is 0 Å². The molecule has 2 aromatic carbocycles. The SMILES string of the molecule is Cc1ccc(NC(=O)CN(C)C(=O)C2CCCN(C(=O)c3ccc(Cl)cc3)C2)cc1. The van der Waals surface area contributed by atoms with Gasteiger partial charge in [0, 0.05) is 36.4 Å². The van der Waals surface area contributed by atoms with Crippen LogP contribution in [-0.2, 0) is 9.59 Å². The number of hydrogen-bond acceptors (Lipinski definition) is 3. The second-order valence-corrected chi connectivity index (χ2v) is 8.14. The summed E-state index contributed by atoms with van der Waals surface area (Å²) in [6, 6.07) is 14.2. The maximum atomic E-state index is 12.9. The number of carbonyl (C=O) groups is 3. The molecular formula is C23H26ClN3O3. The minimum absolute atomic E-state index is 0.0334. The number of likely N-dealkylation sites (N-methyl/N-ethyl adjacent to an activating group) is 1. The first-order valence-electron chi connectivity index (χ1n) is 10.00. The summed E-state index contributed by atoms with van der Waals surface area (Å²) in [5.41, 5.74) is 2.36. The van der Waals surface area contributed by atoms with Gasteiger partial charge in [-0.2, -0.15) is 0 Å². The van der Waals surface area contributed by atoms with Gasteiger partial charge in [0.1, 0.15) is 0 Å². The van der Waals surface area contributed by atoms with Gasteiger partial charge in [0.2, 0.25) is 11.8 Å². The van der Waals surface area contributed by atoms with Gasteiger partial charge in [-0.15, -0.1) is 0 Å². The predicted molar refractivity (Wildman–Crippen MR) is 118 cm³/mol. The molecule has 1 aliphatic heterocycles. The maximum absolute atomic E-state index is 12.9. The van der Waals surface area contributed by atoms with Crippen LogP contribution in [0.5, 0.6) is 0 Å². The third-order valence-electron chi connectivity index (χ3n) is 5.24. The molecule has 1 N–H and O–H groups in total. The molecule has 1 unspecified atom stereocenters. The zero-order valence-electron chi connectivity index (χ0n) is 17.2. The van der Waals surface area contributed by atoms with Gasteiger partial charge in [0.15, 0.2) is 0 Å². The van der Waals surface area contributed by atoms with Crippen LogP contribution in [0.15, 0.2) is 48.5 Å². The Kier molecular flexibility index (Phi) is 7.11. The highest BCUT2D eigenvalue weighted by molar-refractivity contribution is 6.30. The van der Waals surface area contributed by atoms with Gasteiger partial charge < -0.3 is 15.1 Å². The smallest absolute Gasteiger partial charge is 0.253 e. The van der Waals surface area contributed by atoms with Crippen LogP contribution in [0.25, 0.3) is 0 Å². The van der Waals surface area contributed by atoms with Crippen molar-refractivity contribution in [2.45, 2.75) is 19.8 Å². The van der Waals surface area contributed by atoms with Crippen molar-refractivity contribution >= 4 is 35.0 Å². The molecule has 1 saturated heterocycles. The fourth-order valence-corrected chi connectivity index (χ4v) is 3.71. The van der Waals surface area contributed by atoms with Crippen molar-refractivity contribution in [3.05, 3.63) is 64.7 Å². The molecule has 1 atom stereocenters. The quantitative estimate of drug-likeness (QED) is 0.792. The lowest BCUT2D eigenvalue weighted by Gasteiger charge is -2.34. The maximum Gasteiger partial charge on any atom is 0.253 e. The first kappa shape index (κ1) is 21.8. The number of likely N-dealkylation sites (tertiary alicyclic amines) is 1. The number of benzene rings is 2. The van der Waals surface area contributed by atoms with Gasteiger partial charge in [-0.05, 0) is 56.2 Å². The molecule has 0 radical (unpaired) electrons. The van der Waals surface area contributed by atoms with Crippen molar-refractivity contribution in [1.29, 1.82) is 0 Å². The van der Waals surface area contributed by atoms with Gasteiger partial charge in [0.05, 0.1) is 12.5 Å². The van der Waals surface area contributed by atoms with E-state index in [1.165, 1.54) is 4.90 Å². The summed E-state index contributed by atoms with van der Waals surface area (Å²) in [6.07, 6.45) is 1.45. The van der Waals surface area contributed by atoms with E-state index in [1.807, 2.05) is 31.2 Å². The van der Waals surface area contributed by atoms with Crippen LogP contribution in [0.4, 0.5) is 5.69 Å². The zero-order valence-corrected chi connectivity index (χ0v) is 18.0. The van der Waals surface area contributed by atoms with Gasteiger partial charge in [-0.25, -0.2) is 0 Å². The highest BCUT2D eigenvalue weighted by Gasteiger charge is 2.31. The van der Waals surface area contributed by atoms with E-state index in [0.717, 1.165) is 12.0 Å². The lowest BCUT2D eigenvalue weighted by molar-refractivity contribution is -0.138. The topological polar surface area (TPSA) is 69.7 Å². The van der Waals surface area contributed by atoms with E-state index in [9.17, 15) is 14.4 Å². The molecule has 0 saturated carbocycles. The van der Waals surface area contributed by atoms with Crippen LogP contribution >= 0.6 is 11.6 Å². The Bertz CT molecular complexity index is 912. The molecule has 0 bridgehead atoms. The minimum atomic E-state index is -0.313. The number of nitrogens with one attached hydrogen (secondary N) is 1. The van der Waals surface area contributed by atoms with Gasteiger partial charge >= 0.3 is 0 Å². The molecule has 0 aromatic heterocycles. The Balaban J connectivity index is 1.55. The average molecular weight is 428 g/mol. The summed E-state index contributed by atoms with van der Waals surface area (Å²) >= 11 is 5.89. The molecule has 0 aliphatic carbocycles. The van der Waals surface area contributed by atoms with Crippen LogP contribution in [-0.4, -0.2) is 54.2 Å². The molecule has 6 nitrogen and oxygen atoms in total. The normalized spacial score (nSPS) is 16.1. The lowest BCUT2D eigenvalue weighted by atomic mass is 9.96. The lowest BCUT2D eigenvalue weighted by Crippen LogP contribution is -2.47. The number of nitrogens with zero attached hydrogens (tertiary/aromatic N) is 2. The first-order chi connectivity index (χ1) is 14.3. The largest absolute Gasteiger partial charge is 0.338 e. The van der Waals surface area contributed by atoms with Crippen LogP contribution in [0.2, 0.25) is 5.02 Å². The number of amides is 3. The molecule has 1 aliphatic rings. The van der Waals surface area contributed by atoms with E-state index >= 15 is 0 Å². The van der Waals surface area contributed by atoms with Crippen LogP contribution in [0, 0.1) is 12.8 Å². The molecule has 158 valence electrons. The number of piperidine rings is 1. The van der Waals surface area contributed by atoms with Gasteiger partial charge in [-0.3, -0.25) is 14.4 Å². The molecular weight excluding hydrogens is 402 g/mol. The van der Waals surface area contributed by atoms with E-state index in [-0.39, 0.29) is 30.2 Å². The Morgan fingerprint density at radius 2 is 1.77 bits per heavy atom. The summed E-state index contributed by atoms with van der Waals surface area (Å²) in [4.78, 5) is 41.1. The monoisotopic (exact) mass is 427 g/mol. The van der Waals surface area contributed by atoms with Crippen LogP contribution in [0.1, 0.15) is 28.8 Å². The number of halogens is 1. The Morgan fingerprint density at radius 1 is 1.10 bits per heavy atom. The molecule has 3 rings (SSSR count). The van der Waals surface area contributed by atoms with Crippen LogP contribution < -0.4 is 5.32 Å². The zero-order chi connectivity index (χ0) is 21.7. The standard InChI is InChI=1S/C23H26ClN3O3/c1-16-5-11-20(12-6-16)25-21(28)15-26(2)22(29)18-4-3-13-27(14-18)23(30)17-7-9-19(24)10-8-17/h5-12,18H,3-4,13-15H2,1-2H3,(H,25,28). The fraction of sp³-hybridized carbons (Fsp3) is 0.348. The van der Waals surface area contributed by atoms with Crippen molar-refractivity contribution < 1.29 is 14.4 Å². The van der Waals surface area contributed by atoms with E-state index in [1.54, 1.807) is 36.2 Å². The molecule has 3 amide bonds. The number of aryl methyl sites for hydroxylation is 1. The number of anilines is 1. The summed E-state index contributed by atoms with van der Waals surface area (Å²) in [7, 11) is 1.62.